The van der Waals surface area contributed by atoms with Gasteiger partial charge in [-0.3, -0.25) is 0 Å². The summed E-state index contributed by atoms with van der Waals surface area (Å²) in [5.41, 5.74) is 2.25. The SMILES string of the molecule is CCSc1nnc2c(n1)O[C@H](c1c(F)cccc1Cl)Nc1ccccc1-2. The van der Waals surface area contributed by atoms with Crippen molar-refractivity contribution in [2.24, 2.45) is 0 Å². The summed E-state index contributed by atoms with van der Waals surface area (Å²) in [7, 11) is 0. The fourth-order valence-corrected chi connectivity index (χ4v) is 3.50. The summed E-state index contributed by atoms with van der Waals surface area (Å²) in [5, 5.41) is 12.4. The molecule has 4 rings (SSSR count). The Morgan fingerprint density at radius 1 is 1.19 bits per heavy atom. The molecule has 1 aliphatic rings. The maximum atomic E-state index is 14.5. The molecule has 0 spiro atoms. The molecule has 1 N–H and O–H groups in total. The summed E-state index contributed by atoms with van der Waals surface area (Å²) in [6, 6.07) is 12.0. The van der Waals surface area contributed by atoms with Crippen LogP contribution in [0.15, 0.2) is 47.6 Å². The van der Waals surface area contributed by atoms with Crippen LogP contribution in [0.25, 0.3) is 11.3 Å². The number of hydrogen-bond donors (Lipinski definition) is 1. The molecule has 0 saturated carbocycles. The van der Waals surface area contributed by atoms with Gasteiger partial charge in [0, 0.05) is 11.3 Å². The third kappa shape index (κ3) is 3.08. The van der Waals surface area contributed by atoms with E-state index >= 15 is 0 Å². The standard InChI is InChI=1S/C18H14ClFN4OS/c1-2-26-18-22-17-15(23-24-18)10-6-3-4-9-13(10)21-16(25-17)14-11(19)7-5-8-12(14)20/h3-9,16,21H,2H2,1H3/t16-/m1/s1. The van der Waals surface area contributed by atoms with E-state index < -0.39 is 12.0 Å². The topological polar surface area (TPSA) is 59.9 Å². The average molecular weight is 389 g/mol. The Morgan fingerprint density at radius 2 is 2.04 bits per heavy atom. The molecular formula is C18H14ClFN4OS. The number of halogens is 2. The second-order valence-electron chi connectivity index (χ2n) is 5.50. The molecule has 0 unspecified atom stereocenters. The Kier molecular flexibility index (Phi) is 4.65. The fraction of sp³-hybridized carbons (Fsp3) is 0.167. The molecule has 0 radical (unpaired) electrons. The van der Waals surface area contributed by atoms with Crippen LogP contribution >= 0.6 is 23.4 Å². The highest BCUT2D eigenvalue weighted by molar-refractivity contribution is 7.99. The molecule has 0 amide bonds. The minimum Gasteiger partial charge on any atom is -0.448 e. The number of aromatic nitrogens is 3. The second-order valence-corrected chi connectivity index (χ2v) is 7.14. The quantitative estimate of drug-likeness (QED) is 0.641. The smallest absolute Gasteiger partial charge is 0.247 e. The van der Waals surface area contributed by atoms with Crippen molar-refractivity contribution < 1.29 is 9.13 Å². The predicted octanol–water partition coefficient (Wildman–Crippen LogP) is 4.95. The molecule has 2 heterocycles. The van der Waals surface area contributed by atoms with Gasteiger partial charge < -0.3 is 10.1 Å². The molecule has 0 saturated heterocycles. The van der Waals surface area contributed by atoms with Gasteiger partial charge in [-0.05, 0) is 24.0 Å². The molecule has 1 atom stereocenters. The summed E-state index contributed by atoms with van der Waals surface area (Å²) < 4.78 is 20.5. The number of thioether (sulfide) groups is 1. The van der Waals surface area contributed by atoms with Crippen LogP contribution in [0.4, 0.5) is 10.1 Å². The van der Waals surface area contributed by atoms with Crippen molar-refractivity contribution in [1.82, 2.24) is 15.2 Å². The molecule has 8 heteroatoms. The molecule has 26 heavy (non-hydrogen) atoms. The van der Waals surface area contributed by atoms with E-state index in [1.165, 1.54) is 17.8 Å². The first-order chi connectivity index (χ1) is 12.7. The van der Waals surface area contributed by atoms with Gasteiger partial charge in [-0.1, -0.05) is 54.6 Å². The molecule has 3 aromatic rings. The van der Waals surface area contributed by atoms with Crippen LogP contribution in [0.2, 0.25) is 5.02 Å². The van der Waals surface area contributed by atoms with Crippen molar-refractivity contribution >= 4 is 29.1 Å². The van der Waals surface area contributed by atoms with Crippen molar-refractivity contribution in [3.63, 3.8) is 0 Å². The highest BCUT2D eigenvalue weighted by atomic mass is 35.5. The van der Waals surface area contributed by atoms with Gasteiger partial charge in [0.15, 0.2) is 5.69 Å². The number of fused-ring (bicyclic) bond motifs is 3. The van der Waals surface area contributed by atoms with E-state index in [2.05, 4.69) is 20.5 Å². The average Bonchev–Trinajstić information content (AvgIpc) is 2.78. The molecule has 1 aromatic heterocycles. The van der Waals surface area contributed by atoms with Gasteiger partial charge in [0.1, 0.15) is 5.82 Å². The zero-order chi connectivity index (χ0) is 18.1. The van der Waals surface area contributed by atoms with Crippen molar-refractivity contribution in [2.75, 3.05) is 11.1 Å². The minimum absolute atomic E-state index is 0.222. The molecule has 2 aromatic carbocycles. The Morgan fingerprint density at radius 3 is 2.85 bits per heavy atom. The van der Waals surface area contributed by atoms with Crippen LogP contribution in [0.3, 0.4) is 0 Å². The van der Waals surface area contributed by atoms with Gasteiger partial charge in [0.25, 0.3) is 0 Å². The van der Waals surface area contributed by atoms with Crippen molar-refractivity contribution in [3.05, 3.63) is 58.9 Å². The van der Waals surface area contributed by atoms with Crippen LogP contribution < -0.4 is 10.1 Å². The summed E-state index contributed by atoms with van der Waals surface area (Å²) in [4.78, 5) is 4.46. The van der Waals surface area contributed by atoms with E-state index in [4.69, 9.17) is 16.3 Å². The molecule has 132 valence electrons. The van der Waals surface area contributed by atoms with Crippen LogP contribution in [0.1, 0.15) is 18.7 Å². The number of para-hydroxylation sites is 1. The number of ether oxygens (including phenoxy) is 1. The van der Waals surface area contributed by atoms with E-state index in [0.29, 0.717) is 10.9 Å². The first kappa shape index (κ1) is 17.1. The predicted molar refractivity (Wildman–Crippen MR) is 100 cm³/mol. The van der Waals surface area contributed by atoms with Crippen molar-refractivity contribution in [1.29, 1.82) is 0 Å². The highest BCUT2D eigenvalue weighted by Crippen LogP contribution is 2.41. The van der Waals surface area contributed by atoms with Gasteiger partial charge in [-0.2, -0.15) is 4.98 Å². The summed E-state index contributed by atoms with van der Waals surface area (Å²) >= 11 is 7.69. The molecule has 1 aliphatic heterocycles. The van der Waals surface area contributed by atoms with Gasteiger partial charge in [0.05, 0.1) is 10.6 Å². The van der Waals surface area contributed by atoms with Crippen molar-refractivity contribution in [2.45, 2.75) is 18.3 Å². The lowest BCUT2D eigenvalue weighted by Gasteiger charge is -2.20. The summed E-state index contributed by atoms with van der Waals surface area (Å²) in [6.45, 7) is 2.00. The van der Waals surface area contributed by atoms with Crippen molar-refractivity contribution in [3.8, 4) is 17.1 Å². The van der Waals surface area contributed by atoms with Crippen LogP contribution in [0.5, 0.6) is 5.88 Å². The van der Waals surface area contributed by atoms with E-state index in [-0.39, 0.29) is 16.5 Å². The number of rotatable bonds is 3. The normalized spacial score (nSPS) is 15.3. The van der Waals surface area contributed by atoms with Crippen LogP contribution in [-0.2, 0) is 0 Å². The number of hydrogen-bond acceptors (Lipinski definition) is 6. The van der Waals surface area contributed by atoms with Crippen LogP contribution in [-0.4, -0.2) is 20.9 Å². The third-order valence-electron chi connectivity index (χ3n) is 3.87. The molecule has 0 bridgehead atoms. The van der Waals surface area contributed by atoms with Crippen LogP contribution in [0, 0.1) is 5.82 Å². The lowest BCUT2D eigenvalue weighted by molar-refractivity contribution is 0.220. The van der Waals surface area contributed by atoms with Gasteiger partial charge in [-0.25, -0.2) is 4.39 Å². The van der Waals surface area contributed by atoms with E-state index in [9.17, 15) is 4.39 Å². The molecular weight excluding hydrogens is 375 g/mol. The minimum atomic E-state index is -0.845. The lowest BCUT2D eigenvalue weighted by Crippen LogP contribution is -2.19. The first-order valence-electron chi connectivity index (χ1n) is 8.01. The second kappa shape index (κ2) is 7.09. The van der Waals surface area contributed by atoms with E-state index in [1.54, 1.807) is 12.1 Å². The van der Waals surface area contributed by atoms with Gasteiger partial charge >= 0.3 is 0 Å². The highest BCUT2D eigenvalue weighted by Gasteiger charge is 2.29. The zero-order valence-electron chi connectivity index (χ0n) is 13.7. The van der Waals surface area contributed by atoms with E-state index in [0.717, 1.165) is 17.0 Å². The summed E-state index contributed by atoms with van der Waals surface area (Å²) in [6.07, 6.45) is -0.845. The Labute approximate surface area is 159 Å². The number of nitrogens with one attached hydrogen (secondary N) is 1. The fourth-order valence-electron chi connectivity index (χ4n) is 2.73. The van der Waals surface area contributed by atoms with Gasteiger partial charge in [0.2, 0.25) is 17.3 Å². The Bertz CT molecular complexity index is 951. The monoisotopic (exact) mass is 388 g/mol. The number of anilines is 1. The Hall–Kier alpha value is -2.38. The molecule has 5 nitrogen and oxygen atoms in total. The van der Waals surface area contributed by atoms with E-state index in [1.807, 2.05) is 31.2 Å². The summed E-state index contributed by atoms with van der Waals surface area (Å²) in [5.74, 6) is 0.636. The molecule has 0 aliphatic carbocycles. The zero-order valence-corrected chi connectivity index (χ0v) is 15.3. The number of benzene rings is 2. The largest absolute Gasteiger partial charge is 0.448 e. The third-order valence-corrected chi connectivity index (χ3v) is 4.92. The maximum Gasteiger partial charge on any atom is 0.247 e. The first-order valence-corrected chi connectivity index (χ1v) is 9.37. The molecule has 0 fully saturated rings. The van der Waals surface area contributed by atoms with Gasteiger partial charge in [-0.15, -0.1) is 10.2 Å². The maximum absolute atomic E-state index is 14.5. The Balaban J connectivity index is 1.88. The lowest BCUT2D eigenvalue weighted by atomic mass is 10.1. The number of nitrogens with zero attached hydrogens (tertiary/aromatic N) is 3.